The molecule has 6 aromatic rings. The zero-order chi connectivity index (χ0) is 24.8. The summed E-state index contributed by atoms with van der Waals surface area (Å²) in [5.41, 5.74) is 5.15. The van der Waals surface area contributed by atoms with Gasteiger partial charge in [0.2, 0.25) is 5.78 Å². The van der Waals surface area contributed by atoms with Crippen LogP contribution in [0.15, 0.2) is 87.9 Å². The summed E-state index contributed by atoms with van der Waals surface area (Å²) in [4.78, 5) is 24.9. The average Bonchev–Trinajstić information content (AvgIpc) is 3.49. The highest BCUT2D eigenvalue weighted by atomic mass is 79.9. The maximum Gasteiger partial charge on any atom is 0.228 e. The first kappa shape index (κ1) is 22.5. The van der Waals surface area contributed by atoms with E-state index < -0.39 is 0 Å². The second kappa shape index (κ2) is 8.93. The third-order valence-corrected chi connectivity index (χ3v) is 6.64. The van der Waals surface area contributed by atoms with Gasteiger partial charge in [-0.1, -0.05) is 23.7 Å². The molecule has 3 aromatic heterocycles. The van der Waals surface area contributed by atoms with Crippen LogP contribution < -0.4 is 0 Å². The van der Waals surface area contributed by atoms with Crippen LogP contribution in [0.5, 0.6) is 5.75 Å². The van der Waals surface area contributed by atoms with E-state index in [0.717, 1.165) is 22.0 Å². The normalized spacial score (nSPS) is 11.4. The van der Waals surface area contributed by atoms with Crippen molar-refractivity contribution in [2.45, 2.75) is 6.42 Å². The first-order valence-electron chi connectivity index (χ1n) is 11.1. The van der Waals surface area contributed by atoms with Crippen LogP contribution in [0.2, 0.25) is 5.02 Å². The monoisotopic (exact) mass is 557 g/mol. The minimum atomic E-state index is -0.194. The number of fused-ring (bicyclic) bond motifs is 2. The third-order valence-electron chi connectivity index (χ3n) is 5.95. The van der Waals surface area contributed by atoms with Gasteiger partial charge in [-0.3, -0.25) is 4.79 Å². The first-order chi connectivity index (χ1) is 17.4. The minimum Gasteiger partial charge on any atom is -0.507 e. The van der Waals surface area contributed by atoms with Gasteiger partial charge in [0.05, 0.1) is 11.1 Å². The largest absolute Gasteiger partial charge is 0.507 e. The Kier molecular flexibility index (Phi) is 5.59. The van der Waals surface area contributed by atoms with E-state index in [1.54, 1.807) is 36.4 Å². The molecular formula is C28H17BrClN3O3. The van der Waals surface area contributed by atoms with Crippen LogP contribution in [0.1, 0.15) is 27.2 Å². The molecule has 2 N–H and O–H groups in total. The van der Waals surface area contributed by atoms with E-state index in [-0.39, 0.29) is 17.3 Å². The lowest BCUT2D eigenvalue weighted by atomic mass is 10.0. The number of halogens is 2. The van der Waals surface area contributed by atoms with Crippen molar-refractivity contribution in [2.24, 2.45) is 0 Å². The number of benzene rings is 3. The maximum absolute atomic E-state index is 12.8. The second-order valence-electron chi connectivity index (χ2n) is 8.44. The van der Waals surface area contributed by atoms with E-state index in [4.69, 9.17) is 16.0 Å². The van der Waals surface area contributed by atoms with Crippen LogP contribution in [0, 0.1) is 0 Å². The van der Waals surface area contributed by atoms with Crippen molar-refractivity contribution >= 4 is 55.4 Å². The number of phenolic OH excluding ortho intramolecular Hbond substituents is 1. The molecule has 0 radical (unpaired) electrons. The van der Waals surface area contributed by atoms with Gasteiger partial charge < -0.3 is 14.5 Å². The van der Waals surface area contributed by atoms with Crippen molar-refractivity contribution < 1.29 is 14.3 Å². The highest BCUT2D eigenvalue weighted by Crippen LogP contribution is 2.31. The number of rotatable bonds is 5. The van der Waals surface area contributed by atoms with Crippen molar-refractivity contribution in [3.05, 3.63) is 111 Å². The molecule has 0 saturated carbocycles. The number of carbonyl (C=O) groups excluding carboxylic acids is 1. The van der Waals surface area contributed by atoms with Gasteiger partial charge in [-0.05, 0) is 100 Å². The summed E-state index contributed by atoms with van der Waals surface area (Å²) in [6.07, 6.45) is 0.624. The van der Waals surface area contributed by atoms with Gasteiger partial charge in [-0.25, -0.2) is 9.97 Å². The van der Waals surface area contributed by atoms with Crippen molar-refractivity contribution in [3.63, 3.8) is 0 Å². The number of aromatic nitrogens is 3. The fourth-order valence-corrected chi connectivity index (χ4v) is 4.60. The average molecular weight is 559 g/mol. The molecule has 0 aliphatic carbocycles. The Morgan fingerprint density at radius 2 is 1.72 bits per heavy atom. The number of carbonyl (C=O) groups is 1. The molecule has 0 bridgehead atoms. The topological polar surface area (TPSA) is 92.0 Å². The van der Waals surface area contributed by atoms with E-state index in [1.165, 1.54) is 0 Å². The number of ketones is 1. The first-order valence-corrected chi connectivity index (χ1v) is 12.3. The number of phenols is 1. The molecule has 0 aliphatic rings. The van der Waals surface area contributed by atoms with Crippen LogP contribution in [-0.4, -0.2) is 25.8 Å². The number of nitrogens with one attached hydrogen (secondary N) is 1. The van der Waals surface area contributed by atoms with Crippen molar-refractivity contribution in [1.82, 2.24) is 15.0 Å². The number of H-pyrrole nitrogens is 1. The predicted molar refractivity (Wildman–Crippen MR) is 143 cm³/mol. The molecule has 6 rings (SSSR count). The Hall–Kier alpha value is -3.94. The Bertz CT molecular complexity index is 1770. The van der Waals surface area contributed by atoms with E-state index >= 15 is 0 Å². The van der Waals surface area contributed by atoms with Gasteiger partial charge in [0, 0.05) is 16.0 Å². The summed E-state index contributed by atoms with van der Waals surface area (Å²) in [7, 11) is 0. The standard InChI is InChI=1S/C28H17BrClN3O3/c29-25-10-7-21-28(32-25)33-27(31-21)20-13-16(1-8-22(20)34)11-15-2-9-23-18(12-15)14-24(36-23)26(35)17-3-5-19(30)6-4-17/h1-10,12-14,34H,11H2,(H,31,32,33). The molecule has 0 atom stereocenters. The van der Waals surface area contributed by atoms with Crippen LogP contribution in [0.4, 0.5) is 0 Å². The molecule has 6 nitrogen and oxygen atoms in total. The summed E-state index contributed by atoms with van der Waals surface area (Å²) in [6, 6.07) is 23.5. The summed E-state index contributed by atoms with van der Waals surface area (Å²) in [5.74, 6) is 0.763. The minimum absolute atomic E-state index is 0.132. The molecule has 0 unspecified atom stereocenters. The highest BCUT2D eigenvalue weighted by Gasteiger charge is 2.16. The summed E-state index contributed by atoms with van der Waals surface area (Å²) >= 11 is 9.29. The lowest BCUT2D eigenvalue weighted by Crippen LogP contribution is -1.98. The smallest absolute Gasteiger partial charge is 0.228 e. The number of aromatic amines is 1. The third kappa shape index (κ3) is 4.27. The molecule has 3 aromatic carbocycles. The van der Waals surface area contributed by atoms with Crippen LogP contribution in [-0.2, 0) is 6.42 Å². The zero-order valence-electron chi connectivity index (χ0n) is 18.6. The Labute approximate surface area is 218 Å². The van der Waals surface area contributed by atoms with Crippen molar-refractivity contribution in [2.75, 3.05) is 0 Å². The lowest BCUT2D eigenvalue weighted by molar-refractivity contribution is 0.101. The van der Waals surface area contributed by atoms with Crippen LogP contribution in [0.3, 0.4) is 0 Å². The predicted octanol–water partition coefficient (Wildman–Crippen LogP) is 7.31. The molecule has 0 amide bonds. The fraction of sp³-hybridized carbons (Fsp3) is 0.0357. The molecule has 0 aliphatic heterocycles. The summed E-state index contributed by atoms with van der Waals surface area (Å²) in [5, 5.41) is 11.9. The molecule has 36 heavy (non-hydrogen) atoms. The molecule has 8 heteroatoms. The van der Waals surface area contributed by atoms with Crippen LogP contribution >= 0.6 is 27.5 Å². The number of nitrogens with zero attached hydrogens (tertiary/aromatic N) is 2. The van der Waals surface area contributed by atoms with Gasteiger partial charge in [0.25, 0.3) is 0 Å². The van der Waals surface area contributed by atoms with Crippen molar-refractivity contribution in [3.8, 4) is 17.1 Å². The van der Waals surface area contributed by atoms with Gasteiger partial charge in [-0.2, -0.15) is 0 Å². The molecule has 3 heterocycles. The lowest BCUT2D eigenvalue weighted by Gasteiger charge is -2.06. The molecule has 0 fully saturated rings. The Morgan fingerprint density at radius 3 is 2.56 bits per heavy atom. The van der Waals surface area contributed by atoms with E-state index in [0.29, 0.717) is 44.2 Å². The number of aromatic hydroxyl groups is 1. The molecular weight excluding hydrogens is 542 g/mol. The molecule has 0 spiro atoms. The van der Waals surface area contributed by atoms with E-state index in [9.17, 15) is 9.90 Å². The maximum atomic E-state index is 12.8. The summed E-state index contributed by atoms with van der Waals surface area (Å²) in [6.45, 7) is 0. The second-order valence-corrected chi connectivity index (χ2v) is 9.69. The number of hydrogen-bond acceptors (Lipinski definition) is 5. The Balaban J connectivity index is 1.29. The SMILES string of the molecule is O=C(c1ccc(Cl)cc1)c1cc2cc(Cc3ccc(O)c(-c4nc5nc(Br)ccc5[nH]4)c3)ccc2o1. The highest BCUT2D eigenvalue weighted by molar-refractivity contribution is 9.10. The van der Waals surface area contributed by atoms with Gasteiger partial charge in [0.15, 0.2) is 11.4 Å². The van der Waals surface area contributed by atoms with E-state index in [1.807, 2.05) is 42.5 Å². The molecule has 176 valence electrons. The fourth-order valence-electron chi connectivity index (χ4n) is 4.17. The zero-order valence-corrected chi connectivity index (χ0v) is 21.0. The number of imidazole rings is 1. The van der Waals surface area contributed by atoms with Gasteiger partial charge >= 0.3 is 0 Å². The Morgan fingerprint density at radius 1 is 0.944 bits per heavy atom. The summed E-state index contributed by atoms with van der Waals surface area (Å²) < 4.78 is 6.51. The van der Waals surface area contributed by atoms with Gasteiger partial charge in [0.1, 0.15) is 21.8 Å². The number of hydrogen-bond donors (Lipinski definition) is 2. The van der Waals surface area contributed by atoms with Crippen LogP contribution in [0.25, 0.3) is 33.5 Å². The number of furan rings is 1. The number of pyridine rings is 1. The van der Waals surface area contributed by atoms with Gasteiger partial charge in [-0.15, -0.1) is 0 Å². The quantitative estimate of drug-likeness (QED) is 0.171. The van der Waals surface area contributed by atoms with E-state index in [2.05, 4.69) is 30.9 Å². The van der Waals surface area contributed by atoms with Crippen molar-refractivity contribution in [1.29, 1.82) is 0 Å². The molecule has 0 saturated heterocycles.